The van der Waals surface area contributed by atoms with Gasteiger partial charge in [-0.1, -0.05) is 31.5 Å². The molecule has 0 radical (unpaired) electrons. The first-order valence-corrected chi connectivity index (χ1v) is 8.09. The van der Waals surface area contributed by atoms with Crippen LogP contribution in [0.2, 0.25) is 0 Å². The lowest BCUT2D eigenvalue weighted by Gasteiger charge is -2.19. The number of unbranched alkanes of at least 4 members (excludes halogenated alkanes) is 1. The monoisotopic (exact) mass is 325 g/mol. The summed E-state index contributed by atoms with van der Waals surface area (Å²) < 4.78 is 0. The summed E-state index contributed by atoms with van der Waals surface area (Å²) in [5, 5.41) is 0. The van der Waals surface area contributed by atoms with Crippen LogP contribution in [0.3, 0.4) is 0 Å². The van der Waals surface area contributed by atoms with Crippen LogP contribution in [0, 0.1) is 0 Å². The van der Waals surface area contributed by atoms with E-state index in [9.17, 15) is 9.59 Å². The van der Waals surface area contributed by atoms with E-state index in [0.717, 1.165) is 18.5 Å². The van der Waals surface area contributed by atoms with Gasteiger partial charge in [0, 0.05) is 38.1 Å². The Kier molecular flexibility index (Phi) is 6.07. The van der Waals surface area contributed by atoms with Crippen LogP contribution in [-0.4, -0.2) is 42.3 Å². The summed E-state index contributed by atoms with van der Waals surface area (Å²) in [6, 6.07) is 12.6. The number of amides is 2. The van der Waals surface area contributed by atoms with E-state index in [1.807, 2.05) is 30.3 Å². The summed E-state index contributed by atoms with van der Waals surface area (Å²) >= 11 is 0. The fourth-order valence-electron chi connectivity index (χ4n) is 2.34. The summed E-state index contributed by atoms with van der Waals surface area (Å²) in [5.74, 6) is -0.339. The molecular weight excluding hydrogens is 302 g/mol. The fourth-order valence-corrected chi connectivity index (χ4v) is 2.34. The van der Waals surface area contributed by atoms with Crippen LogP contribution >= 0.6 is 0 Å². The zero-order valence-corrected chi connectivity index (χ0v) is 14.4. The predicted octanol–water partition coefficient (Wildman–Crippen LogP) is 3.23. The number of para-hydroxylation sites is 1. The molecule has 5 nitrogen and oxygen atoms in total. The summed E-state index contributed by atoms with van der Waals surface area (Å²) in [7, 11) is 3.47. The van der Waals surface area contributed by atoms with E-state index in [4.69, 9.17) is 0 Å². The van der Waals surface area contributed by atoms with Crippen LogP contribution in [0.25, 0.3) is 0 Å². The molecule has 126 valence electrons. The van der Waals surface area contributed by atoms with Crippen molar-refractivity contribution >= 4 is 17.5 Å². The van der Waals surface area contributed by atoms with Gasteiger partial charge in [-0.3, -0.25) is 14.6 Å². The minimum Gasteiger partial charge on any atom is -0.340 e. The Morgan fingerprint density at radius 3 is 2.42 bits per heavy atom. The molecule has 1 heterocycles. The summed E-state index contributed by atoms with van der Waals surface area (Å²) in [5.41, 5.74) is 1.54. The van der Waals surface area contributed by atoms with Crippen molar-refractivity contribution in [1.29, 1.82) is 0 Å². The van der Waals surface area contributed by atoms with Crippen molar-refractivity contribution in [3.05, 3.63) is 59.9 Å². The van der Waals surface area contributed by atoms with Gasteiger partial charge in [-0.05, 0) is 30.7 Å². The largest absolute Gasteiger partial charge is 0.340 e. The smallest absolute Gasteiger partial charge is 0.272 e. The minimum absolute atomic E-state index is 0.166. The maximum Gasteiger partial charge on any atom is 0.272 e. The molecule has 0 saturated heterocycles. The highest BCUT2D eigenvalue weighted by atomic mass is 16.2. The van der Waals surface area contributed by atoms with Gasteiger partial charge in [-0.25, -0.2) is 0 Å². The molecule has 0 unspecified atom stereocenters. The van der Waals surface area contributed by atoms with E-state index in [0.29, 0.717) is 17.8 Å². The zero-order valence-electron chi connectivity index (χ0n) is 14.4. The Labute approximate surface area is 142 Å². The van der Waals surface area contributed by atoms with Gasteiger partial charge in [0.25, 0.3) is 11.8 Å². The third-order valence-electron chi connectivity index (χ3n) is 3.87. The van der Waals surface area contributed by atoms with Crippen molar-refractivity contribution in [1.82, 2.24) is 9.88 Å². The third kappa shape index (κ3) is 4.19. The van der Waals surface area contributed by atoms with Gasteiger partial charge in [-0.15, -0.1) is 0 Å². The van der Waals surface area contributed by atoms with E-state index in [2.05, 4.69) is 11.9 Å². The molecule has 2 aromatic rings. The number of anilines is 1. The van der Waals surface area contributed by atoms with Gasteiger partial charge in [-0.2, -0.15) is 0 Å². The molecule has 0 aliphatic carbocycles. The maximum atomic E-state index is 12.6. The Morgan fingerprint density at radius 1 is 1.04 bits per heavy atom. The van der Waals surface area contributed by atoms with E-state index in [-0.39, 0.29) is 11.8 Å². The second-order valence-electron chi connectivity index (χ2n) is 5.71. The first-order chi connectivity index (χ1) is 11.5. The molecule has 0 saturated carbocycles. The summed E-state index contributed by atoms with van der Waals surface area (Å²) in [4.78, 5) is 32.4. The van der Waals surface area contributed by atoms with Gasteiger partial charge in [0.05, 0.1) is 0 Å². The number of aromatic nitrogens is 1. The quantitative estimate of drug-likeness (QED) is 0.819. The molecule has 1 aromatic carbocycles. The number of carbonyl (C=O) groups excluding carboxylic acids is 2. The molecule has 5 heteroatoms. The third-order valence-corrected chi connectivity index (χ3v) is 3.87. The molecule has 0 fully saturated rings. The molecule has 0 bridgehead atoms. The number of nitrogens with zero attached hydrogens (tertiary/aromatic N) is 3. The SMILES string of the molecule is CCCCN(C)C(=O)c1cc(C(=O)N(C)c2ccccc2)ccn1. The molecule has 0 N–H and O–H groups in total. The van der Waals surface area contributed by atoms with Crippen molar-refractivity contribution in [2.24, 2.45) is 0 Å². The normalized spacial score (nSPS) is 10.3. The molecule has 0 aliphatic heterocycles. The van der Waals surface area contributed by atoms with Crippen molar-refractivity contribution in [3.63, 3.8) is 0 Å². The van der Waals surface area contributed by atoms with Crippen LogP contribution in [0.5, 0.6) is 0 Å². The topological polar surface area (TPSA) is 53.5 Å². The first-order valence-electron chi connectivity index (χ1n) is 8.09. The lowest BCUT2D eigenvalue weighted by atomic mass is 10.1. The van der Waals surface area contributed by atoms with E-state index < -0.39 is 0 Å². The second kappa shape index (κ2) is 8.24. The molecule has 0 atom stereocenters. The van der Waals surface area contributed by atoms with Gasteiger partial charge < -0.3 is 9.80 Å². The molecule has 24 heavy (non-hydrogen) atoms. The highest BCUT2D eigenvalue weighted by Crippen LogP contribution is 2.15. The average molecular weight is 325 g/mol. The van der Waals surface area contributed by atoms with Crippen LogP contribution in [0.15, 0.2) is 48.7 Å². The molecule has 0 aliphatic rings. The highest BCUT2D eigenvalue weighted by Gasteiger charge is 2.18. The lowest BCUT2D eigenvalue weighted by molar-refractivity contribution is 0.0787. The first kappa shape index (κ1) is 17.7. The van der Waals surface area contributed by atoms with Crippen molar-refractivity contribution in [3.8, 4) is 0 Å². The van der Waals surface area contributed by atoms with Crippen LogP contribution in [0.1, 0.15) is 40.6 Å². The van der Waals surface area contributed by atoms with Gasteiger partial charge in [0.15, 0.2) is 0 Å². The fraction of sp³-hybridized carbons (Fsp3) is 0.316. The number of carbonyl (C=O) groups is 2. The number of rotatable bonds is 6. The molecule has 2 amide bonds. The number of pyridine rings is 1. The molecular formula is C19H23N3O2. The Balaban J connectivity index is 2.17. The van der Waals surface area contributed by atoms with Crippen molar-refractivity contribution < 1.29 is 9.59 Å². The van der Waals surface area contributed by atoms with Gasteiger partial charge in [0.1, 0.15) is 5.69 Å². The molecule has 1 aromatic heterocycles. The van der Waals surface area contributed by atoms with Gasteiger partial charge in [0.2, 0.25) is 0 Å². The van der Waals surface area contributed by atoms with E-state index in [1.165, 1.54) is 6.20 Å². The van der Waals surface area contributed by atoms with E-state index in [1.54, 1.807) is 36.0 Å². The van der Waals surface area contributed by atoms with Gasteiger partial charge >= 0.3 is 0 Å². The zero-order chi connectivity index (χ0) is 17.5. The number of benzene rings is 1. The second-order valence-corrected chi connectivity index (χ2v) is 5.71. The van der Waals surface area contributed by atoms with Crippen molar-refractivity contribution in [2.75, 3.05) is 25.5 Å². The summed E-state index contributed by atoms with van der Waals surface area (Å²) in [6.45, 7) is 2.76. The van der Waals surface area contributed by atoms with Crippen molar-refractivity contribution in [2.45, 2.75) is 19.8 Å². The Morgan fingerprint density at radius 2 is 1.75 bits per heavy atom. The number of hydrogen-bond donors (Lipinski definition) is 0. The number of hydrogen-bond acceptors (Lipinski definition) is 3. The standard InChI is InChI=1S/C19H23N3O2/c1-4-5-13-21(2)19(24)17-14-15(11-12-20-17)18(23)22(3)16-9-7-6-8-10-16/h6-12,14H,4-5,13H2,1-3H3. The summed E-state index contributed by atoms with van der Waals surface area (Å²) in [6.07, 6.45) is 3.47. The maximum absolute atomic E-state index is 12.6. The molecule has 2 rings (SSSR count). The Bertz CT molecular complexity index is 701. The lowest BCUT2D eigenvalue weighted by Crippen LogP contribution is -2.30. The van der Waals surface area contributed by atoms with Crippen LogP contribution in [0.4, 0.5) is 5.69 Å². The highest BCUT2D eigenvalue weighted by molar-refractivity contribution is 6.06. The Hall–Kier alpha value is -2.69. The van der Waals surface area contributed by atoms with Crippen LogP contribution in [-0.2, 0) is 0 Å². The predicted molar refractivity (Wildman–Crippen MR) is 95.3 cm³/mol. The molecule has 0 spiro atoms. The van der Waals surface area contributed by atoms with E-state index >= 15 is 0 Å². The minimum atomic E-state index is -0.172. The van der Waals surface area contributed by atoms with Crippen LogP contribution < -0.4 is 4.90 Å². The average Bonchev–Trinajstić information content (AvgIpc) is 2.65.